The van der Waals surface area contributed by atoms with Crippen LogP contribution in [0.1, 0.15) is 17.5 Å². The van der Waals surface area contributed by atoms with Gasteiger partial charge in [0.2, 0.25) is 5.91 Å². The van der Waals surface area contributed by atoms with Gasteiger partial charge in [-0.05, 0) is 22.3 Å². The van der Waals surface area contributed by atoms with E-state index in [1.54, 1.807) is 0 Å². The van der Waals surface area contributed by atoms with Crippen LogP contribution in [0.15, 0.2) is 84.9 Å². The highest BCUT2D eigenvalue weighted by atomic mass is 16.5. The second-order valence-electron chi connectivity index (χ2n) is 8.03. The second-order valence-corrected chi connectivity index (χ2v) is 8.03. The summed E-state index contributed by atoms with van der Waals surface area (Å²) in [4.78, 5) is 35.7. The Morgan fingerprint density at radius 1 is 0.800 bits per heavy atom. The smallest absolute Gasteiger partial charge is 0.407 e. The first-order valence-corrected chi connectivity index (χ1v) is 11.2. The van der Waals surface area contributed by atoms with Gasteiger partial charge < -0.3 is 25.6 Å². The largest absolute Gasteiger partial charge is 0.480 e. The molecule has 0 fully saturated rings. The van der Waals surface area contributed by atoms with Crippen LogP contribution in [0.4, 0.5) is 4.79 Å². The third kappa shape index (κ3) is 8.60. The fraction of sp³-hybridized carbons (Fsp3) is 0.222. The number of hydrogen-bond acceptors (Lipinski definition) is 5. The summed E-state index contributed by atoms with van der Waals surface area (Å²) in [5, 5.41) is 24.4. The van der Waals surface area contributed by atoms with E-state index in [0.717, 1.165) is 22.3 Å². The zero-order chi connectivity index (χ0) is 25.0. The fourth-order valence-electron chi connectivity index (χ4n) is 3.41. The van der Waals surface area contributed by atoms with E-state index < -0.39 is 30.1 Å². The summed E-state index contributed by atoms with van der Waals surface area (Å²) in [5.74, 6) is -1.81. The van der Waals surface area contributed by atoms with E-state index in [0.29, 0.717) is 0 Å². The van der Waals surface area contributed by atoms with Crippen LogP contribution < -0.4 is 10.6 Å². The molecule has 0 aliphatic carbocycles. The van der Waals surface area contributed by atoms with Gasteiger partial charge >= 0.3 is 12.1 Å². The third-order valence-corrected chi connectivity index (χ3v) is 5.25. The molecular weight excluding hydrogens is 448 g/mol. The van der Waals surface area contributed by atoms with E-state index in [1.165, 1.54) is 0 Å². The number of nitrogens with one attached hydrogen (secondary N) is 2. The molecule has 0 saturated heterocycles. The van der Waals surface area contributed by atoms with Crippen molar-refractivity contribution in [2.75, 3.05) is 6.54 Å². The van der Waals surface area contributed by atoms with Gasteiger partial charge in [0.25, 0.3) is 0 Å². The maximum atomic E-state index is 12.3. The number of benzene rings is 3. The van der Waals surface area contributed by atoms with Crippen molar-refractivity contribution in [2.45, 2.75) is 31.6 Å². The minimum atomic E-state index is -1.20. The lowest BCUT2D eigenvalue weighted by atomic mass is 10.0. The highest BCUT2D eigenvalue weighted by Gasteiger charge is 2.22. The molecule has 0 radical (unpaired) electrons. The van der Waals surface area contributed by atoms with Crippen LogP contribution in [-0.4, -0.2) is 46.9 Å². The molecule has 3 aromatic carbocycles. The first kappa shape index (κ1) is 25.5. The Balaban J connectivity index is 1.43. The molecule has 0 aliphatic heterocycles. The number of aliphatic carboxylic acids is 1. The maximum Gasteiger partial charge on any atom is 0.407 e. The molecule has 35 heavy (non-hydrogen) atoms. The van der Waals surface area contributed by atoms with Crippen molar-refractivity contribution in [3.63, 3.8) is 0 Å². The van der Waals surface area contributed by atoms with Crippen molar-refractivity contribution in [3.8, 4) is 11.1 Å². The summed E-state index contributed by atoms with van der Waals surface area (Å²) < 4.78 is 5.04. The molecule has 0 unspecified atom stereocenters. The van der Waals surface area contributed by atoms with E-state index in [2.05, 4.69) is 10.6 Å². The van der Waals surface area contributed by atoms with Gasteiger partial charge in [0.15, 0.2) is 0 Å². The van der Waals surface area contributed by atoms with Crippen molar-refractivity contribution in [2.24, 2.45) is 0 Å². The number of carboxylic acids is 1. The highest BCUT2D eigenvalue weighted by molar-refractivity contribution is 5.84. The molecule has 0 heterocycles. The molecule has 8 nitrogen and oxygen atoms in total. The Labute approximate surface area is 203 Å². The number of amides is 2. The van der Waals surface area contributed by atoms with Gasteiger partial charge in [0, 0.05) is 13.0 Å². The van der Waals surface area contributed by atoms with Crippen molar-refractivity contribution < 1.29 is 29.3 Å². The Kier molecular flexibility index (Phi) is 9.39. The van der Waals surface area contributed by atoms with Crippen LogP contribution in [0.5, 0.6) is 0 Å². The lowest BCUT2D eigenvalue weighted by Crippen LogP contribution is -2.44. The van der Waals surface area contributed by atoms with Gasteiger partial charge in [0.1, 0.15) is 12.6 Å². The van der Waals surface area contributed by atoms with Crippen molar-refractivity contribution in [3.05, 3.63) is 96.1 Å². The number of carbonyl (C=O) groups excluding carboxylic acids is 2. The first-order valence-electron chi connectivity index (χ1n) is 11.2. The summed E-state index contributed by atoms with van der Waals surface area (Å²) in [6, 6.07) is 25.2. The van der Waals surface area contributed by atoms with Crippen molar-refractivity contribution in [1.82, 2.24) is 10.6 Å². The first-order chi connectivity index (χ1) is 16.9. The van der Waals surface area contributed by atoms with Crippen molar-refractivity contribution in [1.29, 1.82) is 0 Å². The van der Waals surface area contributed by atoms with Gasteiger partial charge in [-0.25, -0.2) is 9.59 Å². The summed E-state index contributed by atoms with van der Waals surface area (Å²) in [6.07, 6.45) is -2.19. The van der Waals surface area contributed by atoms with Gasteiger partial charge in [-0.1, -0.05) is 84.9 Å². The van der Waals surface area contributed by atoms with E-state index >= 15 is 0 Å². The molecule has 182 valence electrons. The Hall–Kier alpha value is -4.17. The zero-order valence-electron chi connectivity index (χ0n) is 19.1. The van der Waals surface area contributed by atoms with Crippen LogP contribution in [0.3, 0.4) is 0 Å². The average Bonchev–Trinajstić information content (AvgIpc) is 2.87. The van der Waals surface area contributed by atoms with Crippen LogP contribution in [-0.2, 0) is 27.4 Å². The van der Waals surface area contributed by atoms with Crippen LogP contribution in [0.25, 0.3) is 11.1 Å². The Morgan fingerprint density at radius 3 is 2.03 bits per heavy atom. The van der Waals surface area contributed by atoms with Crippen LogP contribution in [0.2, 0.25) is 0 Å². The number of aliphatic hydroxyl groups excluding tert-OH is 1. The van der Waals surface area contributed by atoms with E-state index in [4.69, 9.17) is 4.74 Å². The highest BCUT2D eigenvalue weighted by Crippen LogP contribution is 2.19. The van der Waals surface area contributed by atoms with Crippen molar-refractivity contribution >= 4 is 18.0 Å². The predicted octanol–water partition coefficient (Wildman–Crippen LogP) is 3.14. The number of carbonyl (C=O) groups is 3. The topological polar surface area (TPSA) is 125 Å². The number of rotatable bonds is 11. The minimum absolute atomic E-state index is 0.0792. The standard InChI is InChI=1S/C27H28N2O6/c30-23(17-28-27(34)35-18-20-7-3-1-4-8-20)16-25(31)29-24(26(32)33)15-19-11-13-22(14-12-19)21-9-5-2-6-10-21/h1-14,23-24,30H,15-18H2,(H,28,34)(H,29,31)(H,32,33)/t23-,24-/m0/s1. The zero-order valence-corrected chi connectivity index (χ0v) is 19.1. The SMILES string of the molecule is O=C(C[C@H](O)CNC(=O)OCc1ccccc1)N[C@@H](Cc1ccc(-c2ccccc2)cc1)C(=O)O. The maximum absolute atomic E-state index is 12.3. The normalized spacial score (nSPS) is 12.3. The van der Waals surface area contributed by atoms with Gasteiger partial charge in [0.05, 0.1) is 12.5 Å². The van der Waals surface area contributed by atoms with E-state index in [9.17, 15) is 24.6 Å². The molecule has 8 heteroatoms. The summed E-state index contributed by atoms with van der Waals surface area (Å²) in [6.45, 7) is -0.129. The quantitative estimate of drug-likeness (QED) is 0.337. The molecule has 0 aromatic heterocycles. The summed E-state index contributed by atoms with van der Waals surface area (Å²) >= 11 is 0. The molecule has 0 saturated carbocycles. The van der Waals surface area contributed by atoms with Crippen LogP contribution in [0, 0.1) is 0 Å². The molecule has 3 aromatic rings. The van der Waals surface area contributed by atoms with E-state index in [1.807, 2.05) is 84.9 Å². The molecule has 0 spiro atoms. The number of hydrogen-bond donors (Lipinski definition) is 4. The fourth-order valence-corrected chi connectivity index (χ4v) is 3.41. The van der Waals surface area contributed by atoms with Gasteiger partial charge in [-0.2, -0.15) is 0 Å². The number of ether oxygens (including phenoxy) is 1. The van der Waals surface area contributed by atoms with Gasteiger partial charge in [-0.15, -0.1) is 0 Å². The number of carboxylic acid groups (broad SMARTS) is 1. The molecule has 0 aliphatic rings. The molecular formula is C27H28N2O6. The van der Waals surface area contributed by atoms with Crippen LogP contribution >= 0.6 is 0 Å². The molecule has 0 bridgehead atoms. The van der Waals surface area contributed by atoms with E-state index in [-0.39, 0.29) is 26.0 Å². The Bertz CT molecular complexity index is 1100. The average molecular weight is 477 g/mol. The number of aliphatic hydroxyl groups is 1. The predicted molar refractivity (Wildman–Crippen MR) is 130 cm³/mol. The van der Waals surface area contributed by atoms with Gasteiger partial charge in [-0.3, -0.25) is 4.79 Å². The monoisotopic (exact) mass is 476 g/mol. The summed E-state index contributed by atoms with van der Waals surface area (Å²) in [5.41, 5.74) is 3.62. The summed E-state index contributed by atoms with van der Waals surface area (Å²) in [7, 11) is 0. The molecule has 3 rings (SSSR count). The lowest BCUT2D eigenvalue weighted by Gasteiger charge is -2.17. The molecule has 2 atom stereocenters. The minimum Gasteiger partial charge on any atom is -0.480 e. The third-order valence-electron chi connectivity index (χ3n) is 5.25. The molecule has 2 amide bonds. The molecule has 4 N–H and O–H groups in total. The Morgan fingerprint density at radius 2 is 1.40 bits per heavy atom. The number of alkyl carbamates (subject to hydrolysis) is 1. The lowest BCUT2D eigenvalue weighted by molar-refractivity contribution is -0.142. The second kappa shape index (κ2) is 12.9.